The second-order valence-electron chi connectivity index (χ2n) is 1.70. The molecule has 8 nitrogen and oxygen atoms in total. The van der Waals surface area contributed by atoms with Gasteiger partial charge in [0.1, 0.15) is 6.20 Å². The summed E-state index contributed by atoms with van der Waals surface area (Å²) in [4.78, 5) is 22.5. The number of nitro groups is 1. The van der Waals surface area contributed by atoms with Crippen LogP contribution in [0.3, 0.4) is 0 Å². The lowest BCUT2D eigenvalue weighted by atomic mass is 10.6. The van der Waals surface area contributed by atoms with E-state index in [1.807, 2.05) is 0 Å². The molecule has 62 valence electrons. The number of hydrogen-bond donors (Lipinski definition) is 1. The number of aromatic carboxylic acids is 1. The van der Waals surface area contributed by atoms with Crippen LogP contribution in [0.15, 0.2) is 6.20 Å². The first-order chi connectivity index (χ1) is 5.61. The van der Waals surface area contributed by atoms with Gasteiger partial charge in [-0.25, -0.2) is 4.79 Å². The average molecular weight is 170 g/mol. The van der Waals surface area contributed by atoms with Crippen LogP contribution in [-0.4, -0.2) is 31.2 Å². The van der Waals surface area contributed by atoms with E-state index in [2.05, 4.69) is 15.2 Å². The molecule has 1 aromatic rings. The monoisotopic (exact) mass is 170 g/mol. The molecule has 0 fully saturated rings. The zero-order valence-corrected chi connectivity index (χ0v) is 5.54. The highest BCUT2D eigenvalue weighted by molar-refractivity contribution is 5.82. The van der Waals surface area contributed by atoms with Crippen molar-refractivity contribution in [1.82, 2.24) is 15.2 Å². The van der Waals surface area contributed by atoms with Gasteiger partial charge in [0.25, 0.3) is 0 Å². The summed E-state index contributed by atoms with van der Waals surface area (Å²) >= 11 is 0. The molecule has 0 radical (unpaired) electrons. The van der Waals surface area contributed by atoms with Gasteiger partial charge in [0, 0.05) is 0 Å². The van der Waals surface area contributed by atoms with Crippen LogP contribution < -0.4 is 0 Å². The third-order valence-electron chi connectivity index (χ3n) is 0.924. The molecule has 0 unspecified atom stereocenters. The first kappa shape index (κ1) is 7.98. The molecule has 1 rings (SSSR count). The fraction of sp³-hybridized carbons (Fsp3) is 0. The number of carboxylic acids is 1. The summed E-state index contributed by atoms with van der Waals surface area (Å²) in [5, 5.41) is 24.5. The Morgan fingerprint density at radius 3 is 2.83 bits per heavy atom. The molecule has 1 N–H and O–H groups in total. The molecule has 12 heavy (non-hydrogen) atoms. The summed E-state index contributed by atoms with van der Waals surface area (Å²) in [6, 6.07) is 0. The summed E-state index contributed by atoms with van der Waals surface area (Å²) in [5.74, 6) is -2.78. The van der Waals surface area contributed by atoms with Gasteiger partial charge >= 0.3 is 17.6 Å². The molecule has 1 aromatic heterocycles. The zero-order chi connectivity index (χ0) is 9.14. The van der Waals surface area contributed by atoms with E-state index in [4.69, 9.17) is 5.11 Å². The van der Waals surface area contributed by atoms with Crippen LogP contribution in [0.4, 0.5) is 5.82 Å². The lowest BCUT2D eigenvalue weighted by Gasteiger charge is -1.89. The Bertz CT molecular complexity index is 308. The van der Waals surface area contributed by atoms with Gasteiger partial charge in [-0.3, -0.25) is 0 Å². The SMILES string of the molecule is O=C(O)c1nncc([N+](=O)[O-])n1. The van der Waals surface area contributed by atoms with Crippen molar-refractivity contribution in [2.75, 3.05) is 0 Å². The van der Waals surface area contributed by atoms with Gasteiger partial charge in [-0.2, -0.15) is 0 Å². The van der Waals surface area contributed by atoms with Gasteiger partial charge in [-0.15, -0.1) is 5.10 Å². The van der Waals surface area contributed by atoms with E-state index < -0.39 is 22.5 Å². The molecule has 0 aliphatic rings. The zero-order valence-electron chi connectivity index (χ0n) is 5.54. The maximum absolute atomic E-state index is 10.2. The number of carboxylic acid groups (broad SMARTS) is 1. The van der Waals surface area contributed by atoms with Crippen LogP contribution in [0.5, 0.6) is 0 Å². The van der Waals surface area contributed by atoms with Gasteiger partial charge in [0.05, 0.1) is 0 Å². The highest BCUT2D eigenvalue weighted by atomic mass is 16.6. The van der Waals surface area contributed by atoms with Gasteiger partial charge in [-0.05, 0) is 9.91 Å². The number of rotatable bonds is 2. The average Bonchev–Trinajstić information content (AvgIpc) is 2.04. The molecule has 1 heterocycles. The van der Waals surface area contributed by atoms with E-state index in [0.29, 0.717) is 0 Å². The van der Waals surface area contributed by atoms with E-state index in [0.717, 1.165) is 6.20 Å². The van der Waals surface area contributed by atoms with E-state index in [1.54, 1.807) is 0 Å². The van der Waals surface area contributed by atoms with Crippen molar-refractivity contribution in [2.45, 2.75) is 0 Å². The van der Waals surface area contributed by atoms with Crippen LogP contribution in [0.25, 0.3) is 0 Å². The van der Waals surface area contributed by atoms with Crippen molar-refractivity contribution in [2.24, 2.45) is 0 Å². The van der Waals surface area contributed by atoms with Crippen LogP contribution in [-0.2, 0) is 0 Å². The summed E-state index contributed by atoms with van der Waals surface area (Å²) in [5.41, 5.74) is 0. The Balaban J connectivity index is 3.12. The Labute approximate surface area is 65.0 Å². The van der Waals surface area contributed by atoms with E-state index in [1.165, 1.54) is 0 Å². The molecule has 0 amide bonds. The van der Waals surface area contributed by atoms with E-state index in [-0.39, 0.29) is 0 Å². The van der Waals surface area contributed by atoms with Crippen LogP contribution >= 0.6 is 0 Å². The molecule has 0 atom stereocenters. The maximum Gasteiger partial charge on any atom is 0.402 e. The van der Waals surface area contributed by atoms with Gasteiger partial charge in [0.2, 0.25) is 0 Å². The number of hydrogen-bond acceptors (Lipinski definition) is 6. The first-order valence-electron chi connectivity index (χ1n) is 2.68. The lowest BCUT2D eigenvalue weighted by Crippen LogP contribution is -2.07. The van der Waals surface area contributed by atoms with E-state index >= 15 is 0 Å². The van der Waals surface area contributed by atoms with Crippen LogP contribution in [0.2, 0.25) is 0 Å². The molecule has 0 aliphatic carbocycles. The first-order valence-corrected chi connectivity index (χ1v) is 2.68. The Kier molecular flexibility index (Phi) is 1.90. The van der Waals surface area contributed by atoms with Crippen LogP contribution in [0, 0.1) is 10.1 Å². The molecular formula is C4H2N4O4. The molecule has 8 heteroatoms. The molecule has 0 aliphatic heterocycles. The molecule has 0 spiro atoms. The second-order valence-corrected chi connectivity index (χ2v) is 1.70. The Morgan fingerprint density at radius 2 is 2.33 bits per heavy atom. The number of nitrogens with zero attached hydrogens (tertiary/aromatic N) is 4. The highest BCUT2D eigenvalue weighted by Gasteiger charge is 2.17. The Morgan fingerprint density at radius 1 is 1.67 bits per heavy atom. The maximum atomic E-state index is 10.2. The van der Waals surface area contributed by atoms with Crippen LogP contribution in [0.1, 0.15) is 10.6 Å². The minimum absolute atomic E-state index is 0.637. The third kappa shape index (κ3) is 1.48. The van der Waals surface area contributed by atoms with Crippen molar-refractivity contribution in [3.63, 3.8) is 0 Å². The number of carbonyl (C=O) groups is 1. The molecule has 0 saturated heterocycles. The third-order valence-corrected chi connectivity index (χ3v) is 0.924. The van der Waals surface area contributed by atoms with E-state index in [9.17, 15) is 14.9 Å². The van der Waals surface area contributed by atoms with Crippen molar-refractivity contribution < 1.29 is 14.8 Å². The van der Waals surface area contributed by atoms with Crippen molar-refractivity contribution in [3.05, 3.63) is 22.1 Å². The lowest BCUT2D eigenvalue weighted by molar-refractivity contribution is -0.390. The minimum Gasteiger partial charge on any atom is -0.474 e. The highest BCUT2D eigenvalue weighted by Crippen LogP contribution is 2.01. The second kappa shape index (κ2) is 2.86. The standard InChI is InChI=1S/C4H2N4O4/c9-4(10)3-6-2(8(11)12)1-5-7-3/h1H,(H,9,10). The van der Waals surface area contributed by atoms with Gasteiger partial charge < -0.3 is 15.2 Å². The predicted octanol–water partition coefficient (Wildman–Crippen LogP) is -0.522. The summed E-state index contributed by atoms with van der Waals surface area (Å²) in [6.07, 6.45) is 0.770. The molecule has 0 bridgehead atoms. The summed E-state index contributed by atoms with van der Waals surface area (Å²) < 4.78 is 0. The summed E-state index contributed by atoms with van der Waals surface area (Å²) in [7, 11) is 0. The van der Waals surface area contributed by atoms with Crippen molar-refractivity contribution in [1.29, 1.82) is 0 Å². The number of aromatic nitrogens is 3. The van der Waals surface area contributed by atoms with Gasteiger partial charge in [-0.1, -0.05) is 5.10 Å². The largest absolute Gasteiger partial charge is 0.474 e. The minimum atomic E-state index is -1.45. The van der Waals surface area contributed by atoms with Crippen molar-refractivity contribution >= 4 is 11.8 Å². The predicted molar refractivity (Wildman–Crippen MR) is 33.4 cm³/mol. The summed E-state index contributed by atoms with van der Waals surface area (Å²) in [6.45, 7) is 0. The fourth-order valence-electron chi connectivity index (χ4n) is 0.473. The normalized spacial score (nSPS) is 9.33. The quantitative estimate of drug-likeness (QED) is 0.468. The molecule has 0 saturated carbocycles. The Hall–Kier alpha value is -2.12. The molecular weight excluding hydrogens is 168 g/mol. The van der Waals surface area contributed by atoms with Gasteiger partial charge in [0.15, 0.2) is 0 Å². The smallest absolute Gasteiger partial charge is 0.402 e. The van der Waals surface area contributed by atoms with Crippen molar-refractivity contribution in [3.8, 4) is 0 Å². The molecule has 0 aromatic carbocycles. The fourth-order valence-corrected chi connectivity index (χ4v) is 0.473. The topological polar surface area (TPSA) is 119 Å².